The van der Waals surface area contributed by atoms with Gasteiger partial charge in [-0.25, -0.2) is 13.2 Å². The van der Waals surface area contributed by atoms with E-state index in [1.807, 2.05) is 0 Å². The van der Waals surface area contributed by atoms with E-state index in [1.54, 1.807) is 13.8 Å². The van der Waals surface area contributed by atoms with E-state index in [1.165, 1.54) is 25.3 Å². The zero-order chi connectivity index (χ0) is 14.6. The van der Waals surface area contributed by atoms with Crippen LogP contribution in [0.25, 0.3) is 0 Å². The number of nitrogens with one attached hydrogen (secondary N) is 1. The summed E-state index contributed by atoms with van der Waals surface area (Å²) >= 11 is 0. The van der Waals surface area contributed by atoms with Crippen molar-refractivity contribution in [3.63, 3.8) is 0 Å². The average molecular weight is 287 g/mol. The fourth-order valence-corrected chi connectivity index (χ4v) is 3.04. The number of sulfonamides is 1. The Morgan fingerprint density at radius 3 is 2.53 bits per heavy atom. The number of carbonyl (C=O) groups is 1. The number of benzene rings is 1. The number of aromatic carboxylic acids is 1. The van der Waals surface area contributed by atoms with Crippen LogP contribution in [0.1, 0.15) is 24.2 Å². The summed E-state index contributed by atoms with van der Waals surface area (Å²) in [4.78, 5) is 11.1. The van der Waals surface area contributed by atoms with E-state index in [-0.39, 0.29) is 22.9 Å². The first-order valence-corrected chi connectivity index (χ1v) is 7.32. The third kappa shape index (κ3) is 4.44. The molecule has 0 saturated carbocycles. The molecule has 0 fully saturated rings. The summed E-state index contributed by atoms with van der Waals surface area (Å²) in [5, 5.41) is 9.07. The summed E-state index contributed by atoms with van der Waals surface area (Å²) in [6.07, 6.45) is 0. The highest BCUT2D eigenvalue weighted by molar-refractivity contribution is 7.92. The standard InChI is InChI=1S/C12H17NO5S/c1-8(2)7-19(16,17)13-11-5-4-9(18-3)6-10(11)12(14)15/h4-6,8,13H,7H2,1-3H3,(H,14,15). The van der Waals surface area contributed by atoms with Crippen molar-refractivity contribution in [2.45, 2.75) is 13.8 Å². The zero-order valence-electron chi connectivity index (χ0n) is 11.0. The topological polar surface area (TPSA) is 92.7 Å². The Labute approximate surface area is 112 Å². The van der Waals surface area contributed by atoms with E-state index >= 15 is 0 Å². The maximum absolute atomic E-state index is 11.8. The Morgan fingerprint density at radius 2 is 2.05 bits per heavy atom. The third-order valence-corrected chi connectivity index (χ3v) is 3.91. The predicted molar refractivity (Wildman–Crippen MR) is 72.2 cm³/mol. The van der Waals surface area contributed by atoms with Gasteiger partial charge in [-0.15, -0.1) is 0 Å². The highest BCUT2D eigenvalue weighted by atomic mass is 32.2. The monoisotopic (exact) mass is 287 g/mol. The largest absolute Gasteiger partial charge is 0.497 e. The minimum atomic E-state index is -3.56. The lowest BCUT2D eigenvalue weighted by Crippen LogP contribution is -2.21. The van der Waals surface area contributed by atoms with Gasteiger partial charge in [-0.3, -0.25) is 4.72 Å². The van der Waals surface area contributed by atoms with Gasteiger partial charge in [0.1, 0.15) is 5.75 Å². The molecular weight excluding hydrogens is 270 g/mol. The first kappa shape index (κ1) is 15.3. The van der Waals surface area contributed by atoms with Crippen LogP contribution in [0.15, 0.2) is 18.2 Å². The maximum Gasteiger partial charge on any atom is 0.337 e. The lowest BCUT2D eigenvalue weighted by atomic mass is 10.2. The molecule has 0 aliphatic rings. The van der Waals surface area contributed by atoms with Crippen LogP contribution in [0.4, 0.5) is 5.69 Å². The molecule has 19 heavy (non-hydrogen) atoms. The summed E-state index contributed by atoms with van der Waals surface area (Å²) in [6, 6.07) is 4.15. The van der Waals surface area contributed by atoms with Gasteiger partial charge < -0.3 is 9.84 Å². The van der Waals surface area contributed by atoms with Crippen LogP contribution >= 0.6 is 0 Å². The SMILES string of the molecule is COc1ccc(NS(=O)(=O)CC(C)C)c(C(=O)O)c1. The van der Waals surface area contributed by atoms with Crippen LogP contribution in [0, 0.1) is 5.92 Å². The van der Waals surface area contributed by atoms with Crippen LogP contribution in [0.3, 0.4) is 0 Å². The van der Waals surface area contributed by atoms with Crippen LogP contribution in [-0.2, 0) is 10.0 Å². The molecule has 6 nitrogen and oxygen atoms in total. The molecule has 0 saturated heterocycles. The molecule has 1 aromatic rings. The van der Waals surface area contributed by atoms with Crippen molar-refractivity contribution in [3.8, 4) is 5.75 Å². The second-order valence-corrected chi connectivity index (χ2v) is 6.26. The van der Waals surface area contributed by atoms with Crippen LogP contribution in [0.2, 0.25) is 0 Å². The molecule has 0 aromatic heterocycles. The summed E-state index contributed by atoms with van der Waals surface area (Å²) < 4.78 is 30.8. The van der Waals surface area contributed by atoms with Crippen LogP contribution in [0.5, 0.6) is 5.75 Å². The van der Waals surface area contributed by atoms with Crippen molar-refractivity contribution in [2.75, 3.05) is 17.6 Å². The van der Waals surface area contributed by atoms with E-state index in [0.29, 0.717) is 5.75 Å². The molecule has 0 unspecified atom stereocenters. The number of ether oxygens (including phenoxy) is 1. The van der Waals surface area contributed by atoms with E-state index in [4.69, 9.17) is 9.84 Å². The van der Waals surface area contributed by atoms with Crippen molar-refractivity contribution >= 4 is 21.7 Å². The highest BCUT2D eigenvalue weighted by Gasteiger charge is 2.18. The Balaban J connectivity index is 3.11. The van der Waals surface area contributed by atoms with Crippen molar-refractivity contribution in [1.82, 2.24) is 0 Å². The zero-order valence-corrected chi connectivity index (χ0v) is 11.8. The third-order valence-electron chi connectivity index (χ3n) is 2.28. The Bertz CT molecular complexity index is 565. The molecule has 2 N–H and O–H groups in total. The molecule has 0 amide bonds. The predicted octanol–water partition coefficient (Wildman–Crippen LogP) is 1.79. The number of carboxylic acid groups (broad SMARTS) is 1. The molecule has 0 atom stereocenters. The first-order chi connectivity index (χ1) is 8.75. The van der Waals surface area contributed by atoms with Gasteiger partial charge in [-0.05, 0) is 24.1 Å². The van der Waals surface area contributed by atoms with Crippen molar-refractivity contribution in [3.05, 3.63) is 23.8 Å². The Hall–Kier alpha value is -1.76. The second-order valence-electron chi connectivity index (χ2n) is 4.49. The summed E-state index contributed by atoms with van der Waals surface area (Å²) in [5.74, 6) is -0.993. The van der Waals surface area contributed by atoms with Gasteiger partial charge in [-0.2, -0.15) is 0 Å². The molecule has 0 bridgehead atoms. The van der Waals surface area contributed by atoms with Crippen molar-refractivity contribution in [2.24, 2.45) is 5.92 Å². The Kier molecular flexibility index (Phi) is 4.77. The maximum atomic E-state index is 11.8. The van der Waals surface area contributed by atoms with Crippen molar-refractivity contribution in [1.29, 1.82) is 0 Å². The molecular formula is C12H17NO5S. The lowest BCUT2D eigenvalue weighted by molar-refractivity contribution is 0.0697. The number of hydrogen-bond acceptors (Lipinski definition) is 4. The fraction of sp³-hybridized carbons (Fsp3) is 0.417. The number of methoxy groups -OCH3 is 1. The van der Waals surface area contributed by atoms with Gasteiger partial charge in [0, 0.05) is 0 Å². The number of rotatable bonds is 6. The Morgan fingerprint density at radius 1 is 1.42 bits per heavy atom. The summed E-state index contributed by atoms with van der Waals surface area (Å²) in [7, 11) is -2.16. The molecule has 0 radical (unpaired) electrons. The second kappa shape index (κ2) is 5.92. The molecule has 0 aliphatic carbocycles. The molecule has 106 valence electrons. The quantitative estimate of drug-likeness (QED) is 0.832. The van der Waals surface area contributed by atoms with Crippen LogP contribution in [-0.4, -0.2) is 32.4 Å². The molecule has 1 rings (SSSR count). The first-order valence-electron chi connectivity index (χ1n) is 5.67. The highest BCUT2D eigenvalue weighted by Crippen LogP contribution is 2.23. The summed E-state index contributed by atoms with van der Waals surface area (Å²) in [6.45, 7) is 3.54. The van der Waals surface area contributed by atoms with E-state index < -0.39 is 16.0 Å². The lowest BCUT2D eigenvalue weighted by Gasteiger charge is -2.12. The van der Waals surface area contributed by atoms with Gasteiger partial charge in [-0.1, -0.05) is 13.8 Å². The number of carboxylic acids is 1. The minimum absolute atomic E-state index is 0.0361. The van der Waals surface area contributed by atoms with E-state index in [9.17, 15) is 13.2 Å². The van der Waals surface area contributed by atoms with Gasteiger partial charge >= 0.3 is 5.97 Å². The van der Waals surface area contributed by atoms with Gasteiger partial charge in [0.05, 0.1) is 24.1 Å². The normalized spacial score (nSPS) is 11.4. The van der Waals surface area contributed by atoms with Gasteiger partial charge in [0.2, 0.25) is 10.0 Å². The van der Waals surface area contributed by atoms with E-state index in [0.717, 1.165) is 0 Å². The van der Waals surface area contributed by atoms with Gasteiger partial charge in [0.15, 0.2) is 0 Å². The molecule has 0 heterocycles. The molecule has 1 aromatic carbocycles. The van der Waals surface area contributed by atoms with Crippen LogP contribution < -0.4 is 9.46 Å². The number of hydrogen-bond donors (Lipinski definition) is 2. The molecule has 0 spiro atoms. The fourth-order valence-electron chi connectivity index (χ4n) is 1.56. The minimum Gasteiger partial charge on any atom is -0.497 e. The molecule has 0 aliphatic heterocycles. The molecule has 7 heteroatoms. The smallest absolute Gasteiger partial charge is 0.337 e. The number of anilines is 1. The van der Waals surface area contributed by atoms with E-state index in [2.05, 4.69) is 4.72 Å². The van der Waals surface area contributed by atoms with Crippen molar-refractivity contribution < 1.29 is 23.1 Å². The average Bonchev–Trinajstić information content (AvgIpc) is 2.26. The van der Waals surface area contributed by atoms with Gasteiger partial charge in [0.25, 0.3) is 0 Å². The summed E-state index contributed by atoms with van der Waals surface area (Å²) in [5.41, 5.74) is -0.111.